The fraction of sp³-hybridized carbons (Fsp3) is 0.562. The fourth-order valence-corrected chi connectivity index (χ4v) is 4.51. The minimum absolute atomic E-state index is 0.159. The number of hydrogen-bond acceptors (Lipinski definition) is 3. The van der Waals surface area contributed by atoms with E-state index in [1.807, 2.05) is 0 Å². The van der Waals surface area contributed by atoms with Crippen LogP contribution >= 0.6 is 0 Å². The number of hydrogen-bond donors (Lipinski definition) is 0. The summed E-state index contributed by atoms with van der Waals surface area (Å²) in [5, 5.41) is 0. The average molecular weight is 378 g/mol. The maximum Gasteiger partial charge on any atom is 0.402 e. The molecule has 1 aromatic rings. The summed E-state index contributed by atoms with van der Waals surface area (Å²) in [4.78, 5) is 12.9. The van der Waals surface area contributed by atoms with E-state index in [-0.39, 0.29) is 23.3 Å². The lowest BCUT2D eigenvalue weighted by atomic mass is 10.2. The van der Waals surface area contributed by atoms with Crippen LogP contribution in [0.3, 0.4) is 0 Å². The van der Waals surface area contributed by atoms with E-state index in [4.69, 9.17) is 0 Å². The molecule has 0 spiro atoms. The predicted molar refractivity (Wildman–Crippen MR) is 87.8 cm³/mol. The summed E-state index contributed by atoms with van der Waals surface area (Å²) in [6.45, 7) is 3.42. The monoisotopic (exact) mass is 378 g/mol. The van der Waals surface area contributed by atoms with Crippen molar-refractivity contribution < 1.29 is 26.4 Å². The highest BCUT2D eigenvalue weighted by molar-refractivity contribution is 7.89. The largest absolute Gasteiger partial charge is 0.402 e. The van der Waals surface area contributed by atoms with Crippen LogP contribution in [0.4, 0.5) is 18.9 Å². The number of fused-ring (bicyclic) bond motifs is 1. The molecule has 9 heteroatoms. The smallest absolute Gasteiger partial charge is 0.312 e. The van der Waals surface area contributed by atoms with E-state index in [2.05, 4.69) is 0 Å². The van der Waals surface area contributed by atoms with Crippen molar-refractivity contribution >= 4 is 21.6 Å². The second-order valence-corrected chi connectivity index (χ2v) is 8.46. The molecule has 0 fully saturated rings. The van der Waals surface area contributed by atoms with Gasteiger partial charge in [0.1, 0.15) is 6.54 Å². The van der Waals surface area contributed by atoms with Crippen molar-refractivity contribution in [3.63, 3.8) is 0 Å². The van der Waals surface area contributed by atoms with Gasteiger partial charge in [-0.05, 0) is 36.1 Å². The van der Waals surface area contributed by atoms with Crippen molar-refractivity contribution in [2.24, 2.45) is 5.92 Å². The molecule has 0 N–H and O–H groups in total. The number of nitrogens with zero attached hydrogens (tertiary/aromatic N) is 2. The molecule has 2 rings (SSSR count). The van der Waals surface area contributed by atoms with Crippen molar-refractivity contribution in [1.29, 1.82) is 0 Å². The lowest BCUT2D eigenvalue weighted by Crippen LogP contribution is -2.41. The summed E-state index contributed by atoms with van der Waals surface area (Å²) in [5.41, 5.74) is 1.26. The second-order valence-electron chi connectivity index (χ2n) is 6.52. The SMILES string of the molecule is CC(=O)N1CCc2cc(S(=O)(=O)N(CC(C)C)CC(F)(F)F)ccc21. The van der Waals surface area contributed by atoms with Gasteiger partial charge in [-0.25, -0.2) is 8.42 Å². The molecule has 0 radical (unpaired) electrons. The molecule has 0 aliphatic carbocycles. The van der Waals surface area contributed by atoms with Crippen molar-refractivity contribution in [2.75, 3.05) is 24.5 Å². The van der Waals surface area contributed by atoms with Crippen LogP contribution in [0.2, 0.25) is 0 Å². The highest BCUT2D eigenvalue weighted by Crippen LogP contribution is 2.32. The van der Waals surface area contributed by atoms with E-state index < -0.39 is 22.7 Å². The number of sulfonamides is 1. The molecule has 0 saturated heterocycles. The van der Waals surface area contributed by atoms with Crippen LogP contribution in [0, 0.1) is 5.92 Å². The van der Waals surface area contributed by atoms with E-state index in [0.717, 1.165) is 0 Å². The van der Waals surface area contributed by atoms with Crippen LogP contribution in [-0.4, -0.2) is 44.4 Å². The minimum atomic E-state index is -4.62. The van der Waals surface area contributed by atoms with Crippen molar-refractivity contribution in [3.05, 3.63) is 23.8 Å². The Balaban J connectivity index is 2.39. The number of carbonyl (C=O) groups excluding carboxylic acids is 1. The van der Waals surface area contributed by atoms with Gasteiger partial charge in [-0.2, -0.15) is 17.5 Å². The van der Waals surface area contributed by atoms with Crippen LogP contribution in [0.15, 0.2) is 23.1 Å². The zero-order valence-corrected chi connectivity index (χ0v) is 15.1. The molecule has 1 amide bonds. The van der Waals surface area contributed by atoms with E-state index >= 15 is 0 Å². The van der Waals surface area contributed by atoms with Gasteiger partial charge in [0.05, 0.1) is 4.90 Å². The maximum absolute atomic E-state index is 12.8. The standard InChI is InChI=1S/C16H21F3N2O3S/c1-11(2)9-20(10-16(17,18)19)25(23,24)14-4-5-15-13(8-14)6-7-21(15)12(3)22/h4-5,8,11H,6-7,9-10H2,1-3H3. The summed E-state index contributed by atoms with van der Waals surface area (Å²) in [5.74, 6) is -0.410. The van der Waals surface area contributed by atoms with E-state index in [1.54, 1.807) is 13.8 Å². The minimum Gasteiger partial charge on any atom is -0.312 e. The zero-order chi connectivity index (χ0) is 19.0. The molecule has 0 aromatic heterocycles. The number of rotatable bonds is 5. The van der Waals surface area contributed by atoms with E-state index in [0.29, 0.717) is 28.5 Å². The van der Waals surface area contributed by atoms with Crippen LogP contribution in [-0.2, 0) is 21.2 Å². The Morgan fingerprint density at radius 1 is 1.32 bits per heavy atom. The number of anilines is 1. The molecule has 1 aromatic carbocycles. The number of carbonyl (C=O) groups is 1. The van der Waals surface area contributed by atoms with Crippen molar-refractivity contribution in [1.82, 2.24) is 4.31 Å². The van der Waals surface area contributed by atoms with Crippen LogP contribution in [0.5, 0.6) is 0 Å². The molecule has 1 heterocycles. The van der Waals surface area contributed by atoms with Gasteiger partial charge in [0.2, 0.25) is 15.9 Å². The normalized spacial score (nSPS) is 15.1. The second kappa shape index (κ2) is 6.95. The average Bonchev–Trinajstić information content (AvgIpc) is 2.87. The first kappa shape index (κ1) is 19.7. The Labute approximate surface area is 145 Å². The maximum atomic E-state index is 12.8. The molecule has 0 saturated carbocycles. The van der Waals surface area contributed by atoms with Crippen molar-refractivity contribution in [3.8, 4) is 0 Å². The summed E-state index contributed by atoms with van der Waals surface area (Å²) in [6.07, 6.45) is -4.15. The summed E-state index contributed by atoms with van der Waals surface area (Å²) in [6, 6.07) is 4.12. The zero-order valence-electron chi connectivity index (χ0n) is 14.3. The van der Waals surface area contributed by atoms with Crippen molar-refractivity contribution in [2.45, 2.75) is 38.3 Å². The van der Waals surface area contributed by atoms with Gasteiger partial charge in [0.25, 0.3) is 0 Å². The molecule has 1 aliphatic heterocycles. The van der Waals surface area contributed by atoms with Crippen LogP contribution < -0.4 is 4.90 Å². The Hall–Kier alpha value is -1.61. The Morgan fingerprint density at radius 3 is 2.48 bits per heavy atom. The molecule has 140 valence electrons. The van der Waals surface area contributed by atoms with Gasteiger partial charge in [0.15, 0.2) is 0 Å². The van der Waals surface area contributed by atoms with E-state index in [9.17, 15) is 26.4 Å². The third-order valence-electron chi connectivity index (χ3n) is 3.89. The molecule has 0 atom stereocenters. The lowest BCUT2D eigenvalue weighted by Gasteiger charge is -2.25. The number of halogens is 3. The first-order valence-corrected chi connectivity index (χ1v) is 9.34. The highest BCUT2D eigenvalue weighted by atomic mass is 32.2. The third-order valence-corrected chi connectivity index (χ3v) is 5.70. The molecule has 0 bridgehead atoms. The number of alkyl halides is 3. The van der Waals surface area contributed by atoms with Gasteiger partial charge in [-0.1, -0.05) is 13.8 Å². The Bertz CT molecular complexity index is 760. The quantitative estimate of drug-likeness (QED) is 0.792. The molecular formula is C16H21F3N2O3S. The molecular weight excluding hydrogens is 357 g/mol. The first-order valence-electron chi connectivity index (χ1n) is 7.90. The summed E-state index contributed by atoms with van der Waals surface area (Å²) < 4.78 is 64.3. The van der Waals surface area contributed by atoms with Crippen LogP contribution in [0.25, 0.3) is 0 Å². The van der Waals surface area contributed by atoms with Crippen LogP contribution in [0.1, 0.15) is 26.3 Å². The molecule has 1 aliphatic rings. The van der Waals surface area contributed by atoms with E-state index in [1.165, 1.54) is 30.0 Å². The van der Waals surface area contributed by atoms with Gasteiger partial charge < -0.3 is 4.90 Å². The third kappa shape index (κ3) is 4.52. The summed E-state index contributed by atoms with van der Waals surface area (Å²) >= 11 is 0. The molecule has 25 heavy (non-hydrogen) atoms. The first-order chi connectivity index (χ1) is 11.4. The predicted octanol–water partition coefficient (Wildman–Crippen LogP) is 2.80. The molecule has 5 nitrogen and oxygen atoms in total. The topological polar surface area (TPSA) is 57.7 Å². The Morgan fingerprint density at radius 2 is 1.96 bits per heavy atom. The number of benzene rings is 1. The Kier molecular flexibility index (Phi) is 5.48. The van der Waals surface area contributed by atoms with Gasteiger partial charge in [-0.3, -0.25) is 4.79 Å². The molecule has 0 unspecified atom stereocenters. The lowest BCUT2D eigenvalue weighted by molar-refractivity contribution is -0.136. The summed E-state index contributed by atoms with van der Waals surface area (Å²) in [7, 11) is -4.28. The number of amides is 1. The van der Waals surface area contributed by atoms with Gasteiger partial charge in [-0.15, -0.1) is 0 Å². The highest BCUT2D eigenvalue weighted by Gasteiger charge is 2.37. The van der Waals surface area contributed by atoms with Gasteiger partial charge >= 0.3 is 6.18 Å². The fourth-order valence-electron chi connectivity index (χ4n) is 2.87. The van der Waals surface area contributed by atoms with Gasteiger partial charge in [0, 0.05) is 25.7 Å².